The fraction of sp³-hybridized carbons (Fsp3) is 0.333. The Bertz CT molecular complexity index is 1270. The van der Waals surface area contributed by atoms with Crippen LogP contribution in [0, 0.1) is 4.77 Å². The van der Waals surface area contributed by atoms with Gasteiger partial charge < -0.3 is 4.90 Å². The minimum atomic E-state index is 0.162. The van der Waals surface area contributed by atoms with Crippen LogP contribution in [0.5, 0.6) is 0 Å². The molecular formula is C21H20ClN5OS3. The van der Waals surface area contributed by atoms with Crippen LogP contribution < -0.4 is 0 Å². The minimum Gasteiger partial charge on any atom is -0.343 e. The lowest BCUT2D eigenvalue weighted by Crippen LogP contribution is -2.38. The van der Waals surface area contributed by atoms with Crippen molar-refractivity contribution in [3.8, 4) is 10.7 Å². The van der Waals surface area contributed by atoms with Crippen molar-refractivity contribution in [2.75, 3.05) is 13.1 Å². The number of halogens is 1. The average Bonchev–Trinajstić information content (AvgIpc) is 3.51. The fourth-order valence-corrected chi connectivity index (χ4v) is 6.18. The standard InChI is InChI=1S/C21H20ClN5OS3/c22-14-3-4-16-15(12-14)23-20(31-16)13-5-8-26(9-6-13)18(28)7-10-27-19(24-25-21(27)29)17-2-1-11-30-17/h1-4,11-13H,5-10H2,(H,25,29). The van der Waals surface area contributed by atoms with E-state index >= 15 is 0 Å². The summed E-state index contributed by atoms with van der Waals surface area (Å²) in [7, 11) is 0. The Morgan fingerprint density at radius 1 is 1.29 bits per heavy atom. The Morgan fingerprint density at radius 2 is 2.13 bits per heavy atom. The third kappa shape index (κ3) is 4.32. The summed E-state index contributed by atoms with van der Waals surface area (Å²) < 4.78 is 3.63. The number of hydrogen-bond acceptors (Lipinski definition) is 6. The van der Waals surface area contributed by atoms with Crippen LogP contribution >= 0.6 is 46.5 Å². The first-order chi connectivity index (χ1) is 15.1. The molecule has 1 saturated heterocycles. The van der Waals surface area contributed by atoms with Crippen LogP contribution in [0.2, 0.25) is 5.02 Å². The Labute approximate surface area is 197 Å². The van der Waals surface area contributed by atoms with Crippen LogP contribution in [0.25, 0.3) is 20.9 Å². The summed E-state index contributed by atoms with van der Waals surface area (Å²) in [5, 5.41) is 11.1. The van der Waals surface area contributed by atoms with Crippen molar-refractivity contribution in [2.24, 2.45) is 0 Å². The number of carbonyl (C=O) groups excluding carboxylic acids is 1. The van der Waals surface area contributed by atoms with Crippen molar-refractivity contribution in [1.82, 2.24) is 24.6 Å². The second-order valence-corrected chi connectivity index (χ2v) is 10.4. The largest absolute Gasteiger partial charge is 0.343 e. The first kappa shape index (κ1) is 20.8. The van der Waals surface area contributed by atoms with E-state index in [4.69, 9.17) is 28.8 Å². The van der Waals surface area contributed by atoms with Gasteiger partial charge in [0.2, 0.25) is 5.91 Å². The summed E-state index contributed by atoms with van der Waals surface area (Å²) in [4.78, 5) is 20.6. The van der Waals surface area contributed by atoms with Gasteiger partial charge in [-0.05, 0) is 54.7 Å². The predicted molar refractivity (Wildman–Crippen MR) is 129 cm³/mol. The number of aromatic amines is 1. The van der Waals surface area contributed by atoms with E-state index in [-0.39, 0.29) is 5.91 Å². The maximum absolute atomic E-state index is 12.8. The Hall–Kier alpha value is -2.07. The first-order valence-electron chi connectivity index (χ1n) is 10.1. The highest BCUT2D eigenvalue weighted by Gasteiger charge is 2.26. The van der Waals surface area contributed by atoms with Gasteiger partial charge in [-0.15, -0.1) is 22.7 Å². The van der Waals surface area contributed by atoms with E-state index in [9.17, 15) is 4.79 Å². The molecular weight excluding hydrogens is 470 g/mol. The number of nitrogens with zero attached hydrogens (tertiary/aromatic N) is 4. The highest BCUT2D eigenvalue weighted by molar-refractivity contribution is 7.71. The van der Waals surface area contributed by atoms with Crippen LogP contribution in [0.3, 0.4) is 0 Å². The zero-order valence-corrected chi connectivity index (χ0v) is 19.8. The lowest BCUT2D eigenvalue weighted by atomic mass is 9.97. The van der Waals surface area contributed by atoms with Crippen molar-refractivity contribution >= 4 is 62.6 Å². The predicted octanol–water partition coefficient (Wildman–Crippen LogP) is 5.73. The maximum Gasteiger partial charge on any atom is 0.224 e. The van der Waals surface area contributed by atoms with Gasteiger partial charge in [-0.3, -0.25) is 14.5 Å². The Balaban J connectivity index is 1.20. The molecule has 0 bridgehead atoms. The molecule has 4 heterocycles. The second-order valence-electron chi connectivity index (χ2n) is 7.55. The number of piperidine rings is 1. The smallest absolute Gasteiger partial charge is 0.224 e. The molecule has 0 spiro atoms. The molecule has 5 rings (SSSR count). The number of aromatic nitrogens is 4. The number of nitrogens with one attached hydrogen (secondary N) is 1. The van der Waals surface area contributed by atoms with Crippen molar-refractivity contribution in [2.45, 2.75) is 31.7 Å². The molecule has 3 aromatic heterocycles. The zero-order valence-electron chi connectivity index (χ0n) is 16.6. The Morgan fingerprint density at radius 3 is 2.90 bits per heavy atom. The van der Waals surface area contributed by atoms with Crippen molar-refractivity contribution in [3.05, 3.63) is 50.5 Å². The molecule has 0 radical (unpaired) electrons. The monoisotopic (exact) mass is 489 g/mol. The van der Waals surface area contributed by atoms with Crippen LogP contribution in [-0.4, -0.2) is 43.6 Å². The van der Waals surface area contributed by atoms with E-state index in [1.165, 1.54) is 0 Å². The maximum atomic E-state index is 12.8. The zero-order chi connectivity index (χ0) is 21.4. The van der Waals surface area contributed by atoms with Crippen molar-refractivity contribution in [1.29, 1.82) is 0 Å². The lowest BCUT2D eigenvalue weighted by Gasteiger charge is -2.31. The van der Waals surface area contributed by atoms with Gasteiger partial charge in [-0.25, -0.2) is 4.98 Å². The normalized spacial score (nSPS) is 15.1. The number of fused-ring (bicyclic) bond motifs is 1. The van der Waals surface area contributed by atoms with E-state index in [0.29, 0.717) is 28.7 Å². The number of thiazole rings is 1. The summed E-state index contributed by atoms with van der Waals surface area (Å²) in [5.74, 6) is 1.35. The summed E-state index contributed by atoms with van der Waals surface area (Å²) in [6.07, 6.45) is 2.28. The van der Waals surface area contributed by atoms with E-state index in [1.54, 1.807) is 22.7 Å². The van der Waals surface area contributed by atoms with Gasteiger partial charge in [0, 0.05) is 37.0 Å². The number of hydrogen-bond donors (Lipinski definition) is 1. The number of amides is 1. The number of likely N-dealkylation sites (tertiary alicyclic amines) is 1. The molecule has 4 aromatic rings. The molecule has 0 atom stereocenters. The summed E-state index contributed by atoms with van der Waals surface area (Å²) in [6.45, 7) is 2.05. The van der Waals surface area contributed by atoms with E-state index < -0.39 is 0 Å². The van der Waals surface area contributed by atoms with E-state index in [2.05, 4.69) is 10.2 Å². The van der Waals surface area contributed by atoms with Crippen molar-refractivity contribution < 1.29 is 4.79 Å². The van der Waals surface area contributed by atoms with Gasteiger partial charge in [0.1, 0.15) is 0 Å². The third-order valence-corrected chi connectivity index (χ3v) is 8.22. The molecule has 1 amide bonds. The van der Waals surface area contributed by atoms with Crippen LogP contribution in [0.4, 0.5) is 0 Å². The topological polar surface area (TPSA) is 66.8 Å². The molecule has 0 unspecified atom stereocenters. The van der Waals surface area contributed by atoms with Gasteiger partial charge in [0.05, 0.1) is 20.1 Å². The average molecular weight is 490 g/mol. The van der Waals surface area contributed by atoms with Gasteiger partial charge >= 0.3 is 0 Å². The molecule has 1 fully saturated rings. The number of H-pyrrole nitrogens is 1. The number of benzene rings is 1. The van der Waals surface area contributed by atoms with Gasteiger partial charge in [0.25, 0.3) is 0 Å². The summed E-state index contributed by atoms with van der Waals surface area (Å²) in [5.41, 5.74) is 0.962. The molecule has 1 aliphatic heterocycles. The minimum absolute atomic E-state index is 0.162. The summed E-state index contributed by atoms with van der Waals surface area (Å²) in [6, 6.07) is 9.85. The number of carbonyl (C=O) groups is 1. The quantitative estimate of drug-likeness (QED) is 0.363. The first-order valence-corrected chi connectivity index (χ1v) is 12.6. The number of thiophene rings is 1. The van der Waals surface area contributed by atoms with Crippen molar-refractivity contribution in [3.63, 3.8) is 0 Å². The molecule has 1 N–H and O–H groups in total. The molecule has 0 saturated carbocycles. The van der Waals surface area contributed by atoms with Gasteiger partial charge in [-0.2, -0.15) is 5.10 Å². The molecule has 1 aromatic carbocycles. The molecule has 31 heavy (non-hydrogen) atoms. The second kappa shape index (κ2) is 8.82. The molecule has 1 aliphatic rings. The molecule has 6 nitrogen and oxygen atoms in total. The van der Waals surface area contributed by atoms with Crippen LogP contribution in [0.15, 0.2) is 35.7 Å². The van der Waals surface area contributed by atoms with Gasteiger partial charge in [-0.1, -0.05) is 17.7 Å². The van der Waals surface area contributed by atoms with Crippen LogP contribution in [-0.2, 0) is 11.3 Å². The highest BCUT2D eigenvalue weighted by atomic mass is 35.5. The van der Waals surface area contributed by atoms with E-state index in [0.717, 1.165) is 51.9 Å². The van der Waals surface area contributed by atoms with E-state index in [1.807, 2.05) is 45.2 Å². The number of rotatable bonds is 5. The SMILES string of the molecule is O=C(CCn1c(-c2cccs2)n[nH]c1=S)N1CCC(c2nc3cc(Cl)ccc3s2)CC1. The van der Waals surface area contributed by atoms with Crippen LogP contribution in [0.1, 0.15) is 30.2 Å². The molecule has 10 heteroatoms. The lowest BCUT2D eigenvalue weighted by molar-refractivity contribution is -0.132. The third-order valence-electron chi connectivity index (χ3n) is 5.61. The summed E-state index contributed by atoms with van der Waals surface area (Å²) >= 11 is 14.8. The Kier molecular flexibility index (Phi) is 5.92. The molecule has 160 valence electrons. The fourth-order valence-electron chi connectivity index (χ4n) is 3.95. The molecule has 0 aliphatic carbocycles. The highest BCUT2D eigenvalue weighted by Crippen LogP contribution is 2.35. The van der Waals surface area contributed by atoms with Gasteiger partial charge in [0.15, 0.2) is 10.6 Å².